The van der Waals surface area contributed by atoms with Gasteiger partial charge in [-0.2, -0.15) is 5.26 Å². The molecule has 31 heavy (non-hydrogen) atoms. The van der Waals surface area contributed by atoms with E-state index in [2.05, 4.69) is 23.3 Å². The summed E-state index contributed by atoms with van der Waals surface area (Å²) in [5.41, 5.74) is 3.84. The van der Waals surface area contributed by atoms with Crippen molar-refractivity contribution in [3.8, 4) is 17.3 Å². The number of benzene rings is 1. The molecule has 1 aromatic carbocycles. The van der Waals surface area contributed by atoms with E-state index >= 15 is 0 Å². The quantitative estimate of drug-likeness (QED) is 0.475. The van der Waals surface area contributed by atoms with Gasteiger partial charge in [-0.05, 0) is 30.5 Å². The Labute approximate surface area is 184 Å². The minimum atomic E-state index is -0.464. The van der Waals surface area contributed by atoms with Gasteiger partial charge >= 0.3 is 5.97 Å². The van der Waals surface area contributed by atoms with Crippen molar-refractivity contribution in [3.63, 3.8) is 0 Å². The first kappa shape index (κ1) is 23.8. The van der Waals surface area contributed by atoms with Gasteiger partial charge in [0.1, 0.15) is 0 Å². The second-order valence-corrected chi connectivity index (χ2v) is 7.58. The predicted molar refractivity (Wildman–Crippen MR) is 120 cm³/mol. The van der Waals surface area contributed by atoms with Gasteiger partial charge in [-0.25, -0.2) is 4.79 Å². The SMILES string of the molecule is CCCCC(NC(=O)C(C)C)=C(Cc1ccc(-c2ccccc2C#N)nc1)C(=O)OC. The molecule has 0 atom stereocenters. The number of ether oxygens (including phenoxy) is 1. The molecule has 0 bridgehead atoms. The number of nitriles is 1. The van der Waals surface area contributed by atoms with Gasteiger partial charge in [0.25, 0.3) is 0 Å². The number of methoxy groups -OCH3 is 1. The first-order valence-electron chi connectivity index (χ1n) is 10.5. The third-order valence-electron chi connectivity index (χ3n) is 4.90. The molecule has 0 unspecified atom stereocenters. The number of hydrogen-bond donors (Lipinski definition) is 1. The largest absolute Gasteiger partial charge is 0.466 e. The molecular weight excluding hydrogens is 390 g/mol. The highest BCUT2D eigenvalue weighted by atomic mass is 16.5. The van der Waals surface area contributed by atoms with Crippen LogP contribution in [0.4, 0.5) is 0 Å². The van der Waals surface area contributed by atoms with Gasteiger partial charge in [-0.15, -0.1) is 0 Å². The second kappa shape index (κ2) is 11.7. The molecule has 1 aromatic heterocycles. The maximum atomic E-state index is 12.6. The number of hydrogen-bond acceptors (Lipinski definition) is 5. The van der Waals surface area contributed by atoms with Crippen molar-refractivity contribution >= 4 is 11.9 Å². The van der Waals surface area contributed by atoms with Crippen LogP contribution in [0.3, 0.4) is 0 Å². The Kier molecular flexibility index (Phi) is 8.95. The monoisotopic (exact) mass is 419 g/mol. The van der Waals surface area contributed by atoms with Crippen LogP contribution in [0, 0.1) is 17.2 Å². The maximum Gasteiger partial charge on any atom is 0.335 e. The zero-order valence-corrected chi connectivity index (χ0v) is 18.6. The minimum absolute atomic E-state index is 0.130. The molecule has 1 heterocycles. The van der Waals surface area contributed by atoms with Crippen LogP contribution < -0.4 is 5.32 Å². The summed E-state index contributed by atoms with van der Waals surface area (Å²) in [6.07, 6.45) is 4.34. The lowest BCUT2D eigenvalue weighted by molar-refractivity contribution is -0.136. The molecule has 0 aliphatic carbocycles. The average Bonchev–Trinajstić information content (AvgIpc) is 2.80. The third-order valence-corrected chi connectivity index (χ3v) is 4.90. The molecule has 6 nitrogen and oxygen atoms in total. The molecule has 1 amide bonds. The van der Waals surface area contributed by atoms with E-state index in [1.54, 1.807) is 12.3 Å². The number of nitrogens with one attached hydrogen (secondary N) is 1. The average molecular weight is 420 g/mol. The van der Waals surface area contributed by atoms with Crippen LogP contribution in [0.2, 0.25) is 0 Å². The Morgan fingerprint density at radius 3 is 2.52 bits per heavy atom. The van der Waals surface area contributed by atoms with Crippen LogP contribution in [-0.2, 0) is 20.7 Å². The summed E-state index contributed by atoms with van der Waals surface area (Å²) in [4.78, 5) is 29.4. The van der Waals surface area contributed by atoms with Crippen molar-refractivity contribution in [1.29, 1.82) is 5.26 Å². The van der Waals surface area contributed by atoms with Crippen molar-refractivity contribution in [2.75, 3.05) is 7.11 Å². The Morgan fingerprint density at radius 2 is 1.94 bits per heavy atom. The highest BCUT2D eigenvalue weighted by molar-refractivity contribution is 5.91. The van der Waals surface area contributed by atoms with Crippen LogP contribution in [0.25, 0.3) is 11.3 Å². The number of amides is 1. The van der Waals surface area contributed by atoms with Gasteiger partial charge in [0.15, 0.2) is 0 Å². The Hall–Kier alpha value is -3.46. The molecule has 0 saturated carbocycles. The number of aromatic nitrogens is 1. The number of nitrogens with zero attached hydrogens (tertiary/aromatic N) is 2. The molecule has 0 spiro atoms. The van der Waals surface area contributed by atoms with E-state index in [1.807, 2.05) is 44.2 Å². The smallest absolute Gasteiger partial charge is 0.335 e. The number of unbranched alkanes of at least 4 members (excludes halogenated alkanes) is 1. The highest BCUT2D eigenvalue weighted by Gasteiger charge is 2.20. The predicted octanol–water partition coefficient (Wildman–Crippen LogP) is 4.55. The van der Waals surface area contributed by atoms with E-state index in [9.17, 15) is 14.9 Å². The molecule has 0 saturated heterocycles. The van der Waals surface area contributed by atoms with E-state index in [1.165, 1.54) is 7.11 Å². The molecule has 0 aliphatic rings. The number of carbonyl (C=O) groups is 2. The Balaban J connectivity index is 2.38. The standard InChI is InChI=1S/C25H29N3O3/c1-5-6-11-23(28-24(29)17(2)3)21(25(30)31-4)14-18-12-13-22(27-16-18)20-10-8-7-9-19(20)15-26/h7-10,12-13,16-17H,5-6,11,14H2,1-4H3,(H,28,29). The molecule has 2 aromatic rings. The molecule has 1 N–H and O–H groups in total. The molecule has 162 valence electrons. The van der Waals surface area contributed by atoms with Crippen molar-refractivity contribution < 1.29 is 14.3 Å². The van der Waals surface area contributed by atoms with E-state index in [4.69, 9.17) is 4.74 Å². The van der Waals surface area contributed by atoms with E-state index in [0.29, 0.717) is 28.9 Å². The third kappa shape index (κ3) is 6.51. The molecular formula is C25H29N3O3. The fourth-order valence-corrected chi connectivity index (χ4v) is 3.06. The summed E-state index contributed by atoms with van der Waals surface area (Å²) in [5.74, 6) is -0.792. The molecule has 0 radical (unpaired) electrons. The van der Waals surface area contributed by atoms with E-state index in [0.717, 1.165) is 24.0 Å². The number of carbonyl (C=O) groups excluding carboxylic acids is 2. The summed E-state index contributed by atoms with van der Waals surface area (Å²) in [6.45, 7) is 5.68. The van der Waals surface area contributed by atoms with Gasteiger partial charge in [0, 0.05) is 29.8 Å². The summed E-state index contributed by atoms with van der Waals surface area (Å²) < 4.78 is 5.01. The Morgan fingerprint density at radius 1 is 1.19 bits per heavy atom. The zero-order chi connectivity index (χ0) is 22.8. The topological polar surface area (TPSA) is 92.1 Å². The fourth-order valence-electron chi connectivity index (χ4n) is 3.06. The van der Waals surface area contributed by atoms with Crippen molar-refractivity contribution in [1.82, 2.24) is 10.3 Å². The first-order valence-corrected chi connectivity index (χ1v) is 10.5. The summed E-state index contributed by atoms with van der Waals surface area (Å²) in [5, 5.41) is 12.2. The number of rotatable bonds is 9. The molecule has 0 aliphatic heterocycles. The molecule has 2 rings (SSSR count). The summed E-state index contributed by atoms with van der Waals surface area (Å²) in [6, 6.07) is 13.2. The van der Waals surface area contributed by atoms with Gasteiger partial charge in [-0.1, -0.05) is 51.5 Å². The van der Waals surface area contributed by atoms with Crippen LogP contribution in [0.1, 0.15) is 51.2 Å². The number of allylic oxidation sites excluding steroid dienone is 1. The van der Waals surface area contributed by atoms with Crippen molar-refractivity contribution in [3.05, 3.63) is 65.0 Å². The van der Waals surface area contributed by atoms with Crippen LogP contribution in [0.5, 0.6) is 0 Å². The molecule has 0 fully saturated rings. The fraction of sp³-hybridized carbons (Fsp3) is 0.360. The van der Waals surface area contributed by atoms with Crippen LogP contribution in [0.15, 0.2) is 53.9 Å². The van der Waals surface area contributed by atoms with Crippen molar-refractivity contribution in [2.45, 2.75) is 46.5 Å². The highest BCUT2D eigenvalue weighted by Crippen LogP contribution is 2.23. The zero-order valence-electron chi connectivity index (χ0n) is 18.6. The minimum Gasteiger partial charge on any atom is -0.466 e. The number of esters is 1. The van der Waals surface area contributed by atoms with E-state index < -0.39 is 5.97 Å². The normalized spacial score (nSPS) is 11.5. The lowest BCUT2D eigenvalue weighted by Gasteiger charge is -2.17. The van der Waals surface area contributed by atoms with Gasteiger partial charge < -0.3 is 10.1 Å². The summed E-state index contributed by atoms with van der Waals surface area (Å²) in [7, 11) is 1.34. The second-order valence-electron chi connectivity index (χ2n) is 7.58. The van der Waals surface area contributed by atoms with Gasteiger partial charge in [-0.3, -0.25) is 9.78 Å². The maximum absolute atomic E-state index is 12.6. The van der Waals surface area contributed by atoms with Crippen LogP contribution in [-0.4, -0.2) is 24.0 Å². The first-order chi connectivity index (χ1) is 14.9. The van der Waals surface area contributed by atoms with Gasteiger partial charge in [0.2, 0.25) is 5.91 Å². The molecule has 6 heteroatoms. The van der Waals surface area contributed by atoms with Gasteiger partial charge in [0.05, 0.1) is 30.0 Å². The lowest BCUT2D eigenvalue weighted by Crippen LogP contribution is -2.30. The Bertz CT molecular complexity index is 986. The summed E-state index contributed by atoms with van der Waals surface area (Å²) >= 11 is 0. The van der Waals surface area contributed by atoms with E-state index in [-0.39, 0.29) is 18.2 Å². The van der Waals surface area contributed by atoms with Crippen LogP contribution >= 0.6 is 0 Å². The lowest BCUT2D eigenvalue weighted by atomic mass is 9.99. The van der Waals surface area contributed by atoms with Crippen molar-refractivity contribution in [2.24, 2.45) is 5.92 Å². The number of pyridine rings is 1.